The van der Waals surface area contributed by atoms with Crippen LogP contribution in [-0.2, 0) is 14.6 Å². The minimum absolute atomic E-state index is 0.00573. The maximum atomic E-state index is 12.3. The van der Waals surface area contributed by atoms with Gasteiger partial charge in [-0.15, -0.1) is 0 Å². The second kappa shape index (κ2) is 5.98. The first-order valence-electron chi connectivity index (χ1n) is 7.71. The molecule has 3 rings (SSSR count). The summed E-state index contributed by atoms with van der Waals surface area (Å²) >= 11 is 0. The van der Waals surface area contributed by atoms with Crippen LogP contribution in [0.25, 0.3) is 0 Å². The number of aromatic nitrogens is 2. The second-order valence-electron chi connectivity index (χ2n) is 6.31. The van der Waals surface area contributed by atoms with E-state index in [0.29, 0.717) is 37.6 Å². The Morgan fingerprint density at radius 3 is 2.59 bits per heavy atom. The lowest BCUT2D eigenvalue weighted by molar-refractivity contribution is -0.133. The number of hydrogen-bond acceptors (Lipinski definition) is 6. The number of hydrogen-bond donors (Lipinski definition) is 0. The third-order valence-electron chi connectivity index (χ3n) is 4.53. The van der Waals surface area contributed by atoms with Gasteiger partial charge in [0.2, 0.25) is 11.8 Å². The Labute approximate surface area is 130 Å². The molecular formula is C14H21N3O4S. The van der Waals surface area contributed by atoms with E-state index in [-0.39, 0.29) is 29.2 Å². The summed E-state index contributed by atoms with van der Waals surface area (Å²) in [6.45, 7) is 3.14. The van der Waals surface area contributed by atoms with Gasteiger partial charge in [0.25, 0.3) is 0 Å². The van der Waals surface area contributed by atoms with Crippen molar-refractivity contribution in [3.63, 3.8) is 0 Å². The van der Waals surface area contributed by atoms with Gasteiger partial charge < -0.3 is 9.42 Å². The van der Waals surface area contributed by atoms with Crippen molar-refractivity contribution in [2.45, 2.75) is 38.5 Å². The average molecular weight is 327 g/mol. The first-order valence-corrected chi connectivity index (χ1v) is 9.53. The second-order valence-corrected chi connectivity index (χ2v) is 8.54. The number of nitrogens with zero attached hydrogens (tertiary/aromatic N) is 3. The van der Waals surface area contributed by atoms with Crippen LogP contribution in [-0.4, -0.2) is 54.0 Å². The van der Waals surface area contributed by atoms with Crippen LogP contribution in [0.4, 0.5) is 0 Å². The Hall–Kier alpha value is -1.44. The summed E-state index contributed by atoms with van der Waals surface area (Å²) in [5.74, 6) is 1.97. The lowest BCUT2D eigenvalue weighted by Crippen LogP contribution is -2.38. The molecule has 2 aliphatic heterocycles. The summed E-state index contributed by atoms with van der Waals surface area (Å²) in [6, 6.07) is 0. The van der Waals surface area contributed by atoms with E-state index in [4.69, 9.17) is 4.52 Å². The molecular weight excluding hydrogens is 306 g/mol. The van der Waals surface area contributed by atoms with Crippen LogP contribution in [0.2, 0.25) is 0 Å². The number of carbonyl (C=O) groups excluding carboxylic acids is 1. The molecule has 1 amide bonds. The van der Waals surface area contributed by atoms with Crippen LogP contribution in [0.1, 0.15) is 43.3 Å². The summed E-state index contributed by atoms with van der Waals surface area (Å²) < 4.78 is 28.1. The molecule has 1 aromatic rings. The molecule has 0 N–H and O–H groups in total. The monoisotopic (exact) mass is 327 g/mol. The van der Waals surface area contributed by atoms with Crippen molar-refractivity contribution >= 4 is 15.7 Å². The van der Waals surface area contributed by atoms with Gasteiger partial charge in [0, 0.05) is 25.4 Å². The van der Waals surface area contributed by atoms with Gasteiger partial charge in [0.05, 0.1) is 11.5 Å². The van der Waals surface area contributed by atoms with Crippen molar-refractivity contribution in [1.29, 1.82) is 0 Å². The molecule has 0 bridgehead atoms. The van der Waals surface area contributed by atoms with Crippen LogP contribution in [0.15, 0.2) is 4.52 Å². The number of rotatable bonds is 3. The average Bonchev–Trinajstić information content (AvgIpc) is 3.05. The molecule has 8 heteroatoms. The molecule has 22 heavy (non-hydrogen) atoms. The molecule has 0 radical (unpaired) electrons. The standard InChI is InChI=1S/C14H21N3O4S/c1-10-15-14(21-16-10)12-2-5-17(6-3-12)13(18)8-11-4-7-22(19,20)9-11/h11-12H,2-9H2,1H3. The predicted molar refractivity (Wildman–Crippen MR) is 79.0 cm³/mol. The van der Waals surface area contributed by atoms with Crippen LogP contribution < -0.4 is 0 Å². The Balaban J connectivity index is 1.50. The van der Waals surface area contributed by atoms with Gasteiger partial charge >= 0.3 is 0 Å². The highest BCUT2D eigenvalue weighted by atomic mass is 32.2. The maximum absolute atomic E-state index is 12.3. The summed E-state index contributed by atoms with van der Waals surface area (Å²) in [5.41, 5.74) is 0. The Morgan fingerprint density at radius 2 is 2.05 bits per heavy atom. The number of likely N-dealkylation sites (tertiary alicyclic amines) is 1. The van der Waals surface area contributed by atoms with Gasteiger partial charge in [-0.3, -0.25) is 4.79 Å². The van der Waals surface area contributed by atoms with Crippen molar-refractivity contribution in [2.24, 2.45) is 5.92 Å². The highest BCUT2D eigenvalue weighted by molar-refractivity contribution is 7.91. The molecule has 2 saturated heterocycles. The summed E-state index contributed by atoms with van der Waals surface area (Å²) in [5, 5.41) is 3.80. The first kappa shape index (κ1) is 15.5. The van der Waals surface area contributed by atoms with E-state index in [1.165, 1.54) is 0 Å². The highest BCUT2D eigenvalue weighted by Gasteiger charge is 2.32. The molecule has 2 aliphatic rings. The maximum Gasteiger partial charge on any atom is 0.229 e. The molecule has 1 unspecified atom stereocenters. The minimum atomic E-state index is -2.91. The Morgan fingerprint density at radius 1 is 1.32 bits per heavy atom. The van der Waals surface area contributed by atoms with Gasteiger partial charge in [-0.1, -0.05) is 5.16 Å². The van der Waals surface area contributed by atoms with Crippen LogP contribution >= 0.6 is 0 Å². The normalized spacial score (nSPS) is 25.5. The van der Waals surface area contributed by atoms with Gasteiger partial charge in [0.15, 0.2) is 15.7 Å². The Bertz CT molecular complexity index is 647. The molecule has 1 atom stereocenters. The fraction of sp³-hybridized carbons (Fsp3) is 0.786. The molecule has 0 aliphatic carbocycles. The largest absolute Gasteiger partial charge is 0.343 e. The van der Waals surface area contributed by atoms with E-state index < -0.39 is 9.84 Å². The third kappa shape index (κ3) is 3.48. The third-order valence-corrected chi connectivity index (χ3v) is 6.37. The first-order chi connectivity index (χ1) is 10.4. The van der Waals surface area contributed by atoms with E-state index in [1.807, 2.05) is 4.90 Å². The molecule has 3 heterocycles. The topological polar surface area (TPSA) is 93.4 Å². The van der Waals surface area contributed by atoms with E-state index in [2.05, 4.69) is 10.1 Å². The minimum Gasteiger partial charge on any atom is -0.343 e. The zero-order valence-electron chi connectivity index (χ0n) is 12.7. The van der Waals surface area contributed by atoms with E-state index in [9.17, 15) is 13.2 Å². The lowest BCUT2D eigenvalue weighted by atomic mass is 9.95. The van der Waals surface area contributed by atoms with Crippen molar-refractivity contribution < 1.29 is 17.7 Å². The molecule has 1 aromatic heterocycles. The molecule has 122 valence electrons. The summed E-state index contributed by atoms with van der Waals surface area (Å²) in [7, 11) is -2.91. The fourth-order valence-corrected chi connectivity index (χ4v) is 5.13. The van der Waals surface area contributed by atoms with Crippen LogP contribution in [0.3, 0.4) is 0 Å². The molecule has 2 fully saturated rings. The van der Waals surface area contributed by atoms with Crippen molar-refractivity contribution in [1.82, 2.24) is 15.0 Å². The smallest absolute Gasteiger partial charge is 0.229 e. The zero-order valence-corrected chi connectivity index (χ0v) is 13.5. The quantitative estimate of drug-likeness (QED) is 0.819. The summed E-state index contributed by atoms with van der Waals surface area (Å²) in [6.07, 6.45) is 2.60. The van der Waals surface area contributed by atoms with E-state index in [1.54, 1.807) is 6.92 Å². The lowest BCUT2D eigenvalue weighted by Gasteiger charge is -2.31. The number of carbonyl (C=O) groups is 1. The fourth-order valence-electron chi connectivity index (χ4n) is 3.26. The number of piperidine rings is 1. The Kier molecular flexibility index (Phi) is 4.20. The number of aryl methyl sites for hydroxylation is 1. The predicted octanol–water partition coefficient (Wildman–Crippen LogP) is 0.909. The SMILES string of the molecule is Cc1noc(C2CCN(C(=O)CC3CCS(=O)(=O)C3)CC2)n1. The number of sulfone groups is 1. The summed E-state index contributed by atoms with van der Waals surface area (Å²) in [4.78, 5) is 18.4. The highest BCUT2D eigenvalue weighted by Crippen LogP contribution is 2.28. The van der Waals surface area contributed by atoms with Gasteiger partial charge in [0.1, 0.15) is 0 Å². The molecule has 0 saturated carbocycles. The van der Waals surface area contributed by atoms with Gasteiger partial charge in [-0.25, -0.2) is 8.42 Å². The van der Waals surface area contributed by atoms with Gasteiger partial charge in [-0.05, 0) is 32.1 Å². The van der Waals surface area contributed by atoms with E-state index >= 15 is 0 Å². The zero-order chi connectivity index (χ0) is 15.7. The van der Waals surface area contributed by atoms with Crippen LogP contribution in [0, 0.1) is 12.8 Å². The van der Waals surface area contributed by atoms with Gasteiger partial charge in [-0.2, -0.15) is 4.98 Å². The number of amides is 1. The molecule has 7 nitrogen and oxygen atoms in total. The molecule has 0 spiro atoms. The van der Waals surface area contributed by atoms with Crippen molar-refractivity contribution in [3.8, 4) is 0 Å². The van der Waals surface area contributed by atoms with E-state index in [0.717, 1.165) is 12.8 Å². The molecule has 0 aromatic carbocycles. The van der Waals surface area contributed by atoms with Crippen molar-refractivity contribution in [3.05, 3.63) is 11.7 Å². The van der Waals surface area contributed by atoms with Crippen LogP contribution in [0.5, 0.6) is 0 Å². The van der Waals surface area contributed by atoms with Crippen molar-refractivity contribution in [2.75, 3.05) is 24.6 Å².